The lowest BCUT2D eigenvalue weighted by molar-refractivity contribution is 0.0938. The third kappa shape index (κ3) is 3.46. The second kappa shape index (κ2) is 7.50. The van der Waals surface area contributed by atoms with E-state index < -0.39 is 0 Å². The lowest BCUT2D eigenvalue weighted by Crippen LogP contribution is -2.37. The van der Waals surface area contributed by atoms with Crippen LogP contribution in [-0.4, -0.2) is 28.9 Å². The highest BCUT2D eigenvalue weighted by atomic mass is 32.2. The van der Waals surface area contributed by atoms with E-state index in [1.807, 2.05) is 39.8 Å². The van der Waals surface area contributed by atoms with Crippen LogP contribution in [0, 0.1) is 0 Å². The molecular formula is C20H23N3O2S. The minimum absolute atomic E-state index is 0.00667. The van der Waals surface area contributed by atoms with Crippen molar-refractivity contribution in [3.8, 4) is 0 Å². The summed E-state index contributed by atoms with van der Waals surface area (Å²) in [6, 6.07) is 9.18. The number of carbonyl (C=O) groups is 2. The molecule has 0 spiro atoms. The van der Waals surface area contributed by atoms with E-state index in [1.54, 1.807) is 29.3 Å². The summed E-state index contributed by atoms with van der Waals surface area (Å²) in [4.78, 5) is 32.5. The van der Waals surface area contributed by atoms with E-state index in [-0.39, 0.29) is 23.9 Å². The van der Waals surface area contributed by atoms with Crippen molar-refractivity contribution in [3.63, 3.8) is 0 Å². The normalized spacial score (nSPS) is 14.5. The minimum atomic E-state index is -0.101. The van der Waals surface area contributed by atoms with Gasteiger partial charge in [0.2, 0.25) is 0 Å². The summed E-state index contributed by atoms with van der Waals surface area (Å²) in [5, 5.41) is 3.65. The van der Waals surface area contributed by atoms with Crippen LogP contribution in [0.5, 0.6) is 0 Å². The Morgan fingerprint density at radius 3 is 2.73 bits per heavy atom. The van der Waals surface area contributed by atoms with Crippen molar-refractivity contribution < 1.29 is 9.59 Å². The monoisotopic (exact) mass is 369 g/mol. The molecule has 2 amide bonds. The number of nitrogens with one attached hydrogen (secondary N) is 1. The highest BCUT2D eigenvalue weighted by Gasteiger charge is 2.30. The molecule has 5 nitrogen and oxygen atoms in total. The molecular weight excluding hydrogens is 346 g/mol. The van der Waals surface area contributed by atoms with Crippen molar-refractivity contribution in [2.24, 2.45) is 0 Å². The minimum Gasteiger partial charge on any atom is -0.350 e. The second-order valence-electron chi connectivity index (χ2n) is 6.69. The number of rotatable bonds is 4. The number of pyridine rings is 1. The van der Waals surface area contributed by atoms with Crippen molar-refractivity contribution in [1.29, 1.82) is 0 Å². The first-order valence-corrected chi connectivity index (χ1v) is 9.65. The molecule has 0 fully saturated rings. The van der Waals surface area contributed by atoms with Gasteiger partial charge in [0.1, 0.15) is 5.03 Å². The van der Waals surface area contributed by atoms with Gasteiger partial charge in [-0.05, 0) is 57.5 Å². The maximum Gasteiger partial charge on any atom is 0.261 e. The van der Waals surface area contributed by atoms with Crippen molar-refractivity contribution in [2.75, 3.05) is 4.90 Å². The van der Waals surface area contributed by atoms with E-state index in [0.717, 1.165) is 17.0 Å². The average molecular weight is 369 g/mol. The standard InChI is InChI=1S/C20H23N3O2S/c1-5-13(4)22-18(24)14-8-9-16-17(11-14)26-19-15(7-6-10-21-19)20(25)23(16)12(2)3/h6-13H,5H2,1-4H3,(H,22,24). The smallest absolute Gasteiger partial charge is 0.261 e. The first-order chi connectivity index (χ1) is 12.4. The fourth-order valence-electron chi connectivity index (χ4n) is 2.84. The third-order valence-electron chi connectivity index (χ3n) is 4.41. The number of anilines is 1. The van der Waals surface area contributed by atoms with Gasteiger partial charge in [-0.25, -0.2) is 4.98 Å². The number of hydrogen-bond acceptors (Lipinski definition) is 4. The summed E-state index contributed by atoms with van der Waals surface area (Å²) in [5.41, 5.74) is 1.99. The molecule has 1 aliphatic heterocycles. The fourth-order valence-corrected chi connectivity index (χ4v) is 3.88. The molecule has 2 heterocycles. The summed E-state index contributed by atoms with van der Waals surface area (Å²) in [6.45, 7) is 7.98. The lowest BCUT2D eigenvalue weighted by atomic mass is 10.1. The van der Waals surface area contributed by atoms with Crippen molar-refractivity contribution in [1.82, 2.24) is 10.3 Å². The largest absolute Gasteiger partial charge is 0.350 e. The van der Waals surface area contributed by atoms with E-state index in [9.17, 15) is 9.59 Å². The Morgan fingerprint density at radius 1 is 1.27 bits per heavy atom. The molecule has 0 saturated carbocycles. The molecule has 3 rings (SSSR count). The summed E-state index contributed by atoms with van der Waals surface area (Å²) < 4.78 is 0. The predicted octanol–water partition coefficient (Wildman–Crippen LogP) is 4.13. The van der Waals surface area contributed by atoms with Crippen molar-refractivity contribution >= 4 is 29.3 Å². The second-order valence-corrected chi connectivity index (χ2v) is 7.72. The summed E-state index contributed by atoms with van der Waals surface area (Å²) >= 11 is 1.43. The molecule has 0 radical (unpaired) electrons. The van der Waals surface area contributed by atoms with Gasteiger partial charge in [-0.2, -0.15) is 0 Å². The van der Waals surface area contributed by atoms with Gasteiger partial charge in [0, 0.05) is 28.7 Å². The van der Waals surface area contributed by atoms with Gasteiger partial charge in [-0.3, -0.25) is 9.59 Å². The Morgan fingerprint density at radius 2 is 2.04 bits per heavy atom. The maximum absolute atomic E-state index is 13.0. The third-order valence-corrected chi connectivity index (χ3v) is 5.48. The molecule has 6 heteroatoms. The van der Waals surface area contributed by atoms with Crippen LogP contribution in [0.3, 0.4) is 0 Å². The topological polar surface area (TPSA) is 62.3 Å². The molecule has 1 N–H and O–H groups in total. The Hall–Kier alpha value is -2.34. The average Bonchev–Trinajstić information content (AvgIpc) is 2.74. The number of fused-ring (bicyclic) bond motifs is 2. The van der Waals surface area contributed by atoms with Gasteiger partial charge in [0.25, 0.3) is 11.8 Å². The molecule has 0 aliphatic carbocycles. The number of nitrogens with zero attached hydrogens (tertiary/aromatic N) is 2. The number of amides is 2. The first-order valence-electron chi connectivity index (χ1n) is 8.83. The molecule has 1 unspecified atom stereocenters. The molecule has 0 saturated heterocycles. The van der Waals surface area contributed by atoms with Crippen molar-refractivity contribution in [2.45, 2.75) is 56.1 Å². The van der Waals surface area contributed by atoms with Crippen LogP contribution in [0.2, 0.25) is 0 Å². The molecule has 0 bridgehead atoms. The number of aromatic nitrogens is 1. The van der Waals surface area contributed by atoms with E-state index in [0.29, 0.717) is 16.2 Å². The molecule has 2 aromatic rings. The number of hydrogen-bond donors (Lipinski definition) is 1. The Kier molecular flexibility index (Phi) is 5.32. The fraction of sp³-hybridized carbons (Fsp3) is 0.350. The van der Waals surface area contributed by atoms with Gasteiger partial charge in [0.15, 0.2) is 0 Å². The van der Waals surface area contributed by atoms with Crippen LogP contribution >= 0.6 is 11.8 Å². The molecule has 26 heavy (non-hydrogen) atoms. The van der Waals surface area contributed by atoms with Crippen LogP contribution in [-0.2, 0) is 0 Å². The molecule has 1 atom stereocenters. The Labute approximate surface area is 158 Å². The molecule has 1 aromatic carbocycles. The zero-order chi connectivity index (χ0) is 18.8. The lowest BCUT2D eigenvalue weighted by Gasteiger charge is -2.27. The Balaban J connectivity index is 2.07. The van der Waals surface area contributed by atoms with Crippen LogP contribution in [0.4, 0.5) is 5.69 Å². The summed E-state index contributed by atoms with van der Waals surface area (Å²) in [7, 11) is 0. The van der Waals surface area contributed by atoms with E-state index >= 15 is 0 Å². The van der Waals surface area contributed by atoms with Crippen LogP contribution in [0.15, 0.2) is 46.5 Å². The Bertz CT molecular complexity index is 851. The highest BCUT2D eigenvalue weighted by molar-refractivity contribution is 7.99. The van der Waals surface area contributed by atoms with Gasteiger partial charge in [-0.1, -0.05) is 18.7 Å². The zero-order valence-corrected chi connectivity index (χ0v) is 16.3. The molecule has 136 valence electrons. The molecule has 1 aromatic heterocycles. The van der Waals surface area contributed by atoms with Crippen LogP contribution in [0.25, 0.3) is 0 Å². The van der Waals surface area contributed by atoms with Crippen LogP contribution < -0.4 is 10.2 Å². The summed E-state index contributed by atoms with van der Waals surface area (Å²) in [6.07, 6.45) is 2.56. The van der Waals surface area contributed by atoms with Gasteiger partial charge in [0.05, 0.1) is 11.3 Å². The van der Waals surface area contributed by atoms with Gasteiger partial charge < -0.3 is 10.2 Å². The first kappa shape index (κ1) is 18.5. The van der Waals surface area contributed by atoms with Crippen molar-refractivity contribution in [3.05, 3.63) is 47.7 Å². The van der Waals surface area contributed by atoms with E-state index in [2.05, 4.69) is 10.3 Å². The quantitative estimate of drug-likeness (QED) is 0.880. The van der Waals surface area contributed by atoms with E-state index in [4.69, 9.17) is 0 Å². The number of carbonyl (C=O) groups excluding carboxylic acids is 2. The van der Waals surface area contributed by atoms with E-state index in [1.165, 1.54) is 11.8 Å². The maximum atomic E-state index is 13.0. The highest BCUT2D eigenvalue weighted by Crippen LogP contribution is 2.41. The predicted molar refractivity (Wildman–Crippen MR) is 104 cm³/mol. The SMILES string of the molecule is CCC(C)NC(=O)c1ccc2c(c1)Sc1ncccc1C(=O)N2C(C)C. The van der Waals surface area contributed by atoms with Crippen LogP contribution in [0.1, 0.15) is 54.8 Å². The van der Waals surface area contributed by atoms with Gasteiger partial charge in [-0.15, -0.1) is 0 Å². The summed E-state index contributed by atoms with van der Waals surface area (Å²) in [5.74, 6) is -0.165. The van der Waals surface area contributed by atoms with Gasteiger partial charge >= 0.3 is 0 Å². The zero-order valence-electron chi connectivity index (χ0n) is 15.4. The number of benzene rings is 1. The molecule has 1 aliphatic rings.